The van der Waals surface area contributed by atoms with Gasteiger partial charge in [0.25, 0.3) is 0 Å². The smallest absolute Gasteiger partial charge is 0.170 e. The van der Waals surface area contributed by atoms with Crippen LogP contribution in [0.3, 0.4) is 0 Å². The van der Waals surface area contributed by atoms with Crippen LogP contribution in [0.2, 0.25) is 0 Å². The molecule has 0 aromatic heterocycles. The van der Waals surface area contributed by atoms with Crippen molar-refractivity contribution in [2.24, 2.45) is 0 Å². The highest BCUT2D eigenvalue weighted by atomic mass is 31.1. The first kappa shape index (κ1) is 19.5. The fraction of sp³-hybridized carbons (Fsp3) is 0.409. The van der Waals surface area contributed by atoms with Crippen molar-refractivity contribution in [1.82, 2.24) is 0 Å². The molecule has 0 radical (unpaired) electrons. The van der Waals surface area contributed by atoms with Gasteiger partial charge in [-0.05, 0) is 68.4 Å². The van der Waals surface area contributed by atoms with Crippen LogP contribution in [-0.4, -0.2) is 11.9 Å². The first-order valence-electron chi connectivity index (χ1n) is 8.93. The third-order valence-electron chi connectivity index (χ3n) is 5.11. The standard InChI is InChI=1S/C22H27O2P/c1-15-14-16(2)21(18(4)17(15)3)22(23)20(12-8-9-13-25-24)19-10-6-5-7-11-19/h5-7,10-11,14,20H,8-9,12-13H2,1-4H3. The molecule has 0 heterocycles. The second kappa shape index (κ2) is 9.06. The van der Waals surface area contributed by atoms with E-state index in [-0.39, 0.29) is 20.2 Å². The molecule has 0 N–H and O–H groups in total. The van der Waals surface area contributed by atoms with Crippen molar-refractivity contribution in [3.05, 3.63) is 69.8 Å². The number of hydrogen-bond acceptors (Lipinski definition) is 2. The zero-order valence-corrected chi connectivity index (χ0v) is 16.5. The lowest BCUT2D eigenvalue weighted by atomic mass is 9.82. The predicted octanol–water partition coefficient (Wildman–Crippen LogP) is 6.35. The number of rotatable bonds is 8. The molecule has 2 aromatic carbocycles. The van der Waals surface area contributed by atoms with Gasteiger partial charge in [-0.15, -0.1) is 0 Å². The van der Waals surface area contributed by atoms with Gasteiger partial charge < -0.3 is 0 Å². The molecule has 0 aliphatic carbocycles. The average Bonchev–Trinajstić information content (AvgIpc) is 2.60. The number of aryl methyl sites for hydroxylation is 2. The monoisotopic (exact) mass is 354 g/mol. The molecule has 0 aliphatic rings. The molecule has 0 spiro atoms. The molecule has 0 fully saturated rings. The van der Waals surface area contributed by atoms with Crippen molar-refractivity contribution in [2.75, 3.05) is 6.16 Å². The van der Waals surface area contributed by atoms with Crippen LogP contribution in [0.15, 0.2) is 36.4 Å². The molecule has 25 heavy (non-hydrogen) atoms. The summed E-state index contributed by atoms with van der Waals surface area (Å²) in [6.07, 6.45) is 3.25. The number of carbonyl (C=O) groups excluding carboxylic acids is 1. The Labute approximate surface area is 152 Å². The lowest BCUT2D eigenvalue weighted by molar-refractivity contribution is 0.0952. The van der Waals surface area contributed by atoms with Crippen LogP contribution in [0.5, 0.6) is 0 Å². The van der Waals surface area contributed by atoms with Gasteiger partial charge in [0, 0.05) is 17.6 Å². The van der Waals surface area contributed by atoms with E-state index in [0.717, 1.165) is 41.5 Å². The summed E-state index contributed by atoms with van der Waals surface area (Å²) in [6.45, 7) is 8.28. The highest BCUT2D eigenvalue weighted by Crippen LogP contribution is 2.31. The fourth-order valence-electron chi connectivity index (χ4n) is 3.50. The zero-order valence-electron chi connectivity index (χ0n) is 15.6. The van der Waals surface area contributed by atoms with Gasteiger partial charge in [-0.25, -0.2) is 0 Å². The Bertz CT molecular complexity index is 750. The van der Waals surface area contributed by atoms with Gasteiger partial charge in [0.1, 0.15) is 0 Å². The van der Waals surface area contributed by atoms with Crippen molar-refractivity contribution in [2.45, 2.75) is 52.9 Å². The summed E-state index contributed by atoms with van der Waals surface area (Å²) in [4.78, 5) is 13.5. The topological polar surface area (TPSA) is 34.1 Å². The van der Waals surface area contributed by atoms with Crippen LogP contribution in [0, 0.1) is 27.7 Å². The Morgan fingerprint density at radius 2 is 1.64 bits per heavy atom. The first-order chi connectivity index (χ1) is 12.0. The lowest BCUT2D eigenvalue weighted by Gasteiger charge is -2.21. The van der Waals surface area contributed by atoms with Crippen molar-refractivity contribution >= 4 is 14.2 Å². The van der Waals surface area contributed by atoms with Gasteiger partial charge in [0.2, 0.25) is 0 Å². The normalized spacial score (nSPS) is 12.3. The quantitative estimate of drug-likeness (QED) is 0.314. The van der Waals surface area contributed by atoms with E-state index >= 15 is 0 Å². The molecule has 2 nitrogen and oxygen atoms in total. The highest BCUT2D eigenvalue weighted by Gasteiger charge is 2.25. The SMILES string of the molecule is Cc1cc(C)c(C(=O)C(CCCCP=O)c2ccccc2)c(C)c1C. The number of hydrogen-bond donors (Lipinski definition) is 0. The number of ketones is 1. The maximum atomic E-state index is 13.5. The predicted molar refractivity (Wildman–Crippen MR) is 105 cm³/mol. The number of benzene rings is 2. The fourth-order valence-corrected chi connectivity index (χ4v) is 3.85. The molecule has 0 aliphatic heterocycles. The molecule has 0 saturated carbocycles. The van der Waals surface area contributed by atoms with Crippen LogP contribution >= 0.6 is 8.46 Å². The minimum absolute atomic E-state index is 0.135. The van der Waals surface area contributed by atoms with Crippen molar-refractivity contribution in [3.63, 3.8) is 0 Å². The second-order valence-electron chi connectivity index (χ2n) is 6.81. The van der Waals surface area contributed by atoms with Crippen LogP contribution in [0.25, 0.3) is 0 Å². The molecule has 0 bridgehead atoms. The Morgan fingerprint density at radius 1 is 0.960 bits per heavy atom. The maximum absolute atomic E-state index is 13.5. The van der Waals surface area contributed by atoms with Crippen LogP contribution < -0.4 is 0 Å². The average molecular weight is 354 g/mol. The van der Waals surface area contributed by atoms with Crippen molar-refractivity contribution in [1.29, 1.82) is 0 Å². The molecule has 0 amide bonds. The van der Waals surface area contributed by atoms with Crippen LogP contribution in [0.4, 0.5) is 0 Å². The van der Waals surface area contributed by atoms with E-state index < -0.39 is 0 Å². The number of Topliss-reactive ketones (excluding diaryl/α,β-unsaturated/α-hetero) is 1. The number of unbranched alkanes of at least 4 members (excludes halogenated alkanes) is 1. The molecular formula is C22H27O2P. The lowest BCUT2D eigenvalue weighted by Crippen LogP contribution is -2.17. The summed E-state index contributed by atoms with van der Waals surface area (Å²) in [5, 5.41) is 0. The molecule has 1 unspecified atom stereocenters. The molecule has 3 heteroatoms. The summed E-state index contributed by atoms with van der Waals surface area (Å²) in [5.74, 6) is 0.0769. The minimum atomic E-state index is -0.135. The summed E-state index contributed by atoms with van der Waals surface area (Å²) in [6, 6.07) is 12.2. The number of carbonyl (C=O) groups is 1. The minimum Gasteiger partial charge on any atom is -0.293 e. The molecule has 2 rings (SSSR count). The van der Waals surface area contributed by atoms with Gasteiger partial charge in [-0.1, -0.05) is 42.8 Å². The van der Waals surface area contributed by atoms with Gasteiger partial charge in [0.15, 0.2) is 14.2 Å². The van der Waals surface area contributed by atoms with Gasteiger partial charge in [-0.3, -0.25) is 9.36 Å². The molecule has 132 valence electrons. The van der Waals surface area contributed by atoms with Crippen LogP contribution in [-0.2, 0) is 4.57 Å². The summed E-state index contributed by atoms with van der Waals surface area (Å²) < 4.78 is 10.7. The molecule has 0 saturated heterocycles. The Kier molecular flexibility index (Phi) is 7.08. The third kappa shape index (κ3) is 4.64. The summed E-state index contributed by atoms with van der Waals surface area (Å²) >= 11 is 0. The third-order valence-corrected chi connectivity index (χ3v) is 5.61. The van der Waals surface area contributed by atoms with E-state index in [2.05, 4.69) is 26.8 Å². The maximum Gasteiger partial charge on any atom is 0.170 e. The van der Waals surface area contributed by atoms with Crippen molar-refractivity contribution in [3.8, 4) is 0 Å². The van der Waals surface area contributed by atoms with E-state index in [0.29, 0.717) is 6.16 Å². The van der Waals surface area contributed by atoms with Gasteiger partial charge >= 0.3 is 0 Å². The Hall–Kier alpha value is -1.79. The highest BCUT2D eigenvalue weighted by molar-refractivity contribution is 7.23. The van der Waals surface area contributed by atoms with E-state index in [1.54, 1.807) is 0 Å². The Balaban J connectivity index is 2.39. The van der Waals surface area contributed by atoms with Gasteiger partial charge in [0.05, 0.1) is 0 Å². The second-order valence-corrected chi connectivity index (χ2v) is 7.52. The van der Waals surface area contributed by atoms with Crippen molar-refractivity contribution < 1.29 is 9.36 Å². The molecule has 2 aromatic rings. The summed E-state index contributed by atoms with van der Waals surface area (Å²) in [5.41, 5.74) is 6.54. The van der Waals surface area contributed by atoms with E-state index in [9.17, 15) is 9.36 Å². The van der Waals surface area contributed by atoms with E-state index in [1.165, 1.54) is 11.1 Å². The first-order valence-corrected chi connectivity index (χ1v) is 9.92. The van der Waals surface area contributed by atoms with E-state index in [1.807, 2.05) is 37.3 Å². The van der Waals surface area contributed by atoms with Crippen LogP contribution in [0.1, 0.15) is 63.4 Å². The molecule has 1 atom stereocenters. The largest absolute Gasteiger partial charge is 0.293 e. The summed E-state index contributed by atoms with van der Waals surface area (Å²) in [7, 11) is 0.190. The Morgan fingerprint density at radius 3 is 2.28 bits per heavy atom. The van der Waals surface area contributed by atoms with E-state index in [4.69, 9.17) is 0 Å². The zero-order chi connectivity index (χ0) is 18.4. The molecular weight excluding hydrogens is 327 g/mol. The van der Waals surface area contributed by atoms with Gasteiger partial charge in [-0.2, -0.15) is 0 Å².